The SMILES string of the molecule is COC(=O)N[C@H](C(=O)N1CCCC1c1ncc(-c2ccc(-c3ccc4cc(-c5cnc([C@@H]6CCCN6C(=O)[C@@H](NC(=O)OC)C(C)C)[nH]5)ccc4c3)nc2)[nH]1)C(C)C. The molecule has 15 heteroatoms. The smallest absolute Gasteiger partial charge is 0.407 e. The van der Waals surface area contributed by atoms with Crippen LogP contribution in [0.15, 0.2) is 67.1 Å². The maximum Gasteiger partial charge on any atom is 0.407 e. The Labute approximate surface area is 337 Å². The van der Waals surface area contributed by atoms with E-state index in [9.17, 15) is 19.2 Å². The average Bonchev–Trinajstić information content (AvgIpc) is 4.07. The number of alkyl carbamates (subject to hydrolysis) is 2. The molecule has 0 radical (unpaired) electrons. The highest BCUT2D eigenvalue weighted by atomic mass is 16.5. The lowest BCUT2D eigenvalue weighted by Crippen LogP contribution is -2.51. The summed E-state index contributed by atoms with van der Waals surface area (Å²) in [5, 5.41) is 7.51. The van der Waals surface area contributed by atoms with Gasteiger partial charge in [-0.2, -0.15) is 0 Å². The molecular weight excluding hydrogens is 739 g/mol. The summed E-state index contributed by atoms with van der Waals surface area (Å²) < 4.78 is 9.52. The van der Waals surface area contributed by atoms with Crippen LogP contribution in [0.1, 0.15) is 77.1 Å². The van der Waals surface area contributed by atoms with E-state index in [1.807, 2.05) is 57.1 Å². The van der Waals surface area contributed by atoms with Gasteiger partial charge in [-0.1, -0.05) is 52.0 Å². The maximum absolute atomic E-state index is 13.6. The zero-order chi connectivity index (χ0) is 41.1. The Bertz CT molecular complexity index is 2280. The molecule has 0 saturated carbocycles. The lowest BCUT2D eigenvalue weighted by atomic mass is 10.0. The van der Waals surface area contributed by atoms with Gasteiger partial charge in [0.05, 0.1) is 55.8 Å². The number of fused-ring (bicyclic) bond motifs is 1. The summed E-state index contributed by atoms with van der Waals surface area (Å²) >= 11 is 0. The number of imidazole rings is 2. The predicted molar refractivity (Wildman–Crippen MR) is 218 cm³/mol. The van der Waals surface area contributed by atoms with Crippen LogP contribution in [0.2, 0.25) is 0 Å². The number of hydrogen-bond acceptors (Lipinski definition) is 9. The number of methoxy groups -OCH3 is 2. The third-order valence-electron chi connectivity index (χ3n) is 11.2. The topological polar surface area (TPSA) is 188 Å². The van der Waals surface area contributed by atoms with Gasteiger partial charge in [0.2, 0.25) is 11.8 Å². The highest BCUT2D eigenvalue weighted by Crippen LogP contribution is 2.35. The lowest BCUT2D eigenvalue weighted by Gasteiger charge is -2.30. The molecule has 304 valence electrons. The largest absolute Gasteiger partial charge is 0.453 e. The number of H-pyrrole nitrogens is 2. The van der Waals surface area contributed by atoms with Gasteiger partial charge in [-0.3, -0.25) is 14.6 Å². The summed E-state index contributed by atoms with van der Waals surface area (Å²) in [5.41, 5.74) is 5.32. The van der Waals surface area contributed by atoms with Crippen molar-refractivity contribution in [2.24, 2.45) is 11.8 Å². The molecule has 4 atom stereocenters. The quantitative estimate of drug-likeness (QED) is 0.112. The number of nitrogens with one attached hydrogen (secondary N) is 4. The molecule has 7 rings (SSSR count). The Kier molecular flexibility index (Phi) is 11.8. The number of ether oxygens (including phenoxy) is 2. The lowest BCUT2D eigenvalue weighted by molar-refractivity contribution is -0.136. The van der Waals surface area contributed by atoms with E-state index >= 15 is 0 Å². The molecule has 2 aliphatic heterocycles. The normalized spacial score (nSPS) is 17.8. The number of aromatic amines is 2. The second kappa shape index (κ2) is 17.1. The van der Waals surface area contributed by atoms with E-state index < -0.39 is 24.3 Å². The maximum atomic E-state index is 13.6. The molecule has 15 nitrogen and oxygen atoms in total. The van der Waals surface area contributed by atoms with Crippen molar-refractivity contribution in [3.63, 3.8) is 0 Å². The van der Waals surface area contributed by atoms with Crippen molar-refractivity contribution in [1.82, 2.24) is 45.4 Å². The van der Waals surface area contributed by atoms with Crippen LogP contribution in [0.4, 0.5) is 9.59 Å². The van der Waals surface area contributed by atoms with Crippen LogP contribution >= 0.6 is 0 Å². The molecule has 0 bridgehead atoms. The molecule has 5 heterocycles. The van der Waals surface area contributed by atoms with E-state index in [1.165, 1.54) is 14.2 Å². The Morgan fingerprint density at radius 1 is 0.638 bits per heavy atom. The molecule has 2 aromatic carbocycles. The van der Waals surface area contributed by atoms with E-state index in [1.54, 1.807) is 11.1 Å². The number of carbonyl (C=O) groups is 4. The number of likely N-dealkylation sites (tertiary alicyclic amines) is 2. The zero-order valence-electron chi connectivity index (χ0n) is 33.7. The van der Waals surface area contributed by atoms with Gasteiger partial charge in [-0.15, -0.1) is 0 Å². The molecule has 4 amide bonds. The first kappa shape index (κ1) is 40.0. The van der Waals surface area contributed by atoms with Gasteiger partial charge in [0.15, 0.2) is 0 Å². The minimum atomic E-state index is -0.697. The third-order valence-corrected chi connectivity index (χ3v) is 11.2. The fraction of sp³-hybridized carbons (Fsp3) is 0.419. The minimum absolute atomic E-state index is 0.109. The molecule has 4 N–H and O–H groups in total. The number of pyridine rings is 1. The fourth-order valence-corrected chi connectivity index (χ4v) is 7.99. The Morgan fingerprint density at radius 3 is 1.57 bits per heavy atom. The molecule has 2 saturated heterocycles. The van der Waals surface area contributed by atoms with Crippen LogP contribution in [0.25, 0.3) is 44.5 Å². The standard InChI is InChI=1S/C43H51N9O6/c1-24(2)36(49-42(55)57-5)40(53)51-17-7-9-34(51)38-45-22-32(47-38)29-14-12-26-19-28(13-11-27(26)20-29)31-16-15-30(21-44-31)33-23-46-39(48-33)35-10-8-18-52(35)41(54)37(25(3)4)50-43(56)58-6/h11-16,19-25,34-37H,7-10,17-18H2,1-6H3,(H,45,47)(H,46,48)(H,49,55)(H,50,56)/t34-,35?,36-,37-/m0/s1. The van der Waals surface area contributed by atoms with Crippen molar-refractivity contribution in [2.45, 2.75) is 77.5 Å². The van der Waals surface area contributed by atoms with E-state index in [0.29, 0.717) is 18.9 Å². The predicted octanol–water partition coefficient (Wildman–Crippen LogP) is 6.77. The Hall–Kier alpha value is -6.25. The van der Waals surface area contributed by atoms with Gasteiger partial charge in [0, 0.05) is 36.0 Å². The molecular formula is C43H51N9O6. The number of hydrogen-bond donors (Lipinski definition) is 4. The number of amides is 4. The highest BCUT2D eigenvalue weighted by Gasteiger charge is 2.39. The summed E-state index contributed by atoms with van der Waals surface area (Å²) in [6.45, 7) is 8.77. The number of benzene rings is 2. The van der Waals surface area contributed by atoms with E-state index in [4.69, 9.17) is 19.4 Å². The van der Waals surface area contributed by atoms with Gasteiger partial charge >= 0.3 is 12.2 Å². The molecule has 1 unspecified atom stereocenters. The molecule has 58 heavy (non-hydrogen) atoms. The summed E-state index contributed by atoms with van der Waals surface area (Å²) in [7, 11) is 2.58. The highest BCUT2D eigenvalue weighted by molar-refractivity contribution is 5.90. The molecule has 0 spiro atoms. The van der Waals surface area contributed by atoms with Crippen LogP contribution in [0, 0.1) is 11.8 Å². The molecule has 2 aliphatic rings. The summed E-state index contributed by atoms with van der Waals surface area (Å²) in [6, 6.07) is 14.7. The Morgan fingerprint density at radius 2 is 1.10 bits per heavy atom. The second-order valence-electron chi connectivity index (χ2n) is 15.7. The van der Waals surface area contributed by atoms with Crippen LogP contribution in [-0.2, 0) is 19.1 Å². The molecule has 2 fully saturated rings. The number of carbonyl (C=O) groups excluding carboxylic acids is 4. The van der Waals surface area contributed by atoms with Crippen LogP contribution in [0.3, 0.4) is 0 Å². The molecule has 0 aliphatic carbocycles. The first-order chi connectivity index (χ1) is 27.9. The number of nitrogens with zero attached hydrogens (tertiary/aromatic N) is 5. The second-order valence-corrected chi connectivity index (χ2v) is 15.7. The Balaban J connectivity index is 1.02. The fourth-order valence-electron chi connectivity index (χ4n) is 7.99. The van der Waals surface area contributed by atoms with Crippen LogP contribution < -0.4 is 10.6 Å². The van der Waals surface area contributed by atoms with Crippen molar-refractivity contribution >= 4 is 34.8 Å². The van der Waals surface area contributed by atoms with Gasteiger partial charge in [0.1, 0.15) is 23.7 Å². The van der Waals surface area contributed by atoms with Crippen LogP contribution in [0.5, 0.6) is 0 Å². The average molecular weight is 790 g/mol. The summed E-state index contributed by atoms with van der Waals surface area (Å²) in [5.74, 6) is 0.906. The summed E-state index contributed by atoms with van der Waals surface area (Å²) in [4.78, 5) is 75.7. The van der Waals surface area contributed by atoms with Gasteiger partial charge in [-0.05, 0) is 72.6 Å². The van der Waals surface area contributed by atoms with Crippen molar-refractivity contribution in [1.29, 1.82) is 0 Å². The van der Waals surface area contributed by atoms with E-state index in [-0.39, 0.29) is 35.7 Å². The molecule has 5 aromatic rings. The van der Waals surface area contributed by atoms with Crippen molar-refractivity contribution < 1.29 is 28.7 Å². The monoisotopic (exact) mass is 789 g/mol. The molecule has 3 aromatic heterocycles. The minimum Gasteiger partial charge on any atom is -0.453 e. The van der Waals surface area contributed by atoms with Gasteiger partial charge < -0.3 is 39.9 Å². The van der Waals surface area contributed by atoms with E-state index in [2.05, 4.69) is 62.0 Å². The zero-order valence-corrected chi connectivity index (χ0v) is 33.7. The number of aromatic nitrogens is 5. The third kappa shape index (κ3) is 8.25. The van der Waals surface area contributed by atoms with Crippen molar-refractivity contribution in [3.05, 3.63) is 78.8 Å². The van der Waals surface area contributed by atoms with Crippen LogP contribution in [-0.4, -0.2) is 98.1 Å². The first-order valence-electron chi connectivity index (χ1n) is 19.9. The van der Waals surface area contributed by atoms with Crippen molar-refractivity contribution in [3.8, 4) is 33.8 Å². The number of rotatable bonds is 11. The first-order valence-corrected chi connectivity index (χ1v) is 19.9. The van der Waals surface area contributed by atoms with Gasteiger partial charge in [-0.25, -0.2) is 19.6 Å². The van der Waals surface area contributed by atoms with Gasteiger partial charge in [0.25, 0.3) is 0 Å². The summed E-state index contributed by atoms with van der Waals surface area (Å²) in [6.07, 6.45) is 7.37. The van der Waals surface area contributed by atoms with Crippen molar-refractivity contribution in [2.75, 3.05) is 27.3 Å². The van der Waals surface area contributed by atoms with E-state index in [0.717, 1.165) is 76.1 Å².